The van der Waals surface area contributed by atoms with E-state index < -0.39 is 0 Å². The monoisotopic (exact) mass is 147 g/mol. The molecular weight excluding hydrogens is 134 g/mol. The number of hydrogen-bond acceptors (Lipinski definition) is 1. The fourth-order valence-corrected chi connectivity index (χ4v) is 1.83. The molecule has 2 unspecified atom stereocenters. The van der Waals surface area contributed by atoms with Crippen molar-refractivity contribution >= 4 is 11.6 Å². The minimum atomic E-state index is 0.317. The van der Waals surface area contributed by atoms with Gasteiger partial charge in [0, 0.05) is 11.4 Å². The van der Waals surface area contributed by atoms with Gasteiger partial charge in [-0.25, -0.2) is 0 Å². The van der Waals surface area contributed by atoms with Crippen LogP contribution in [0.3, 0.4) is 0 Å². The van der Waals surface area contributed by atoms with Gasteiger partial charge in [-0.05, 0) is 33.4 Å². The highest BCUT2D eigenvalue weighted by atomic mass is 35.5. The number of hydrogen-bond donors (Lipinski definition) is 0. The van der Waals surface area contributed by atoms with Crippen molar-refractivity contribution in [3.8, 4) is 0 Å². The van der Waals surface area contributed by atoms with E-state index in [2.05, 4.69) is 18.9 Å². The van der Waals surface area contributed by atoms with Crippen LogP contribution in [0.15, 0.2) is 0 Å². The summed E-state index contributed by atoms with van der Waals surface area (Å²) in [5.41, 5.74) is 0. The zero-order valence-corrected chi connectivity index (χ0v) is 6.86. The molecule has 9 heavy (non-hydrogen) atoms. The van der Waals surface area contributed by atoms with Crippen molar-refractivity contribution in [2.24, 2.45) is 0 Å². The summed E-state index contributed by atoms with van der Waals surface area (Å²) in [5, 5.41) is 0.317. The van der Waals surface area contributed by atoms with Gasteiger partial charge in [0.1, 0.15) is 0 Å². The molecule has 0 aromatic carbocycles. The van der Waals surface area contributed by atoms with E-state index in [1.165, 1.54) is 19.4 Å². The third kappa shape index (κ3) is 1.59. The molecule has 2 heteroatoms. The van der Waals surface area contributed by atoms with Gasteiger partial charge in [-0.2, -0.15) is 0 Å². The van der Waals surface area contributed by atoms with E-state index in [1.807, 2.05) is 0 Å². The first kappa shape index (κ1) is 7.36. The molecule has 1 aliphatic rings. The average Bonchev–Trinajstić information content (AvgIpc) is 2.13. The summed E-state index contributed by atoms with van der Waals surface area (Å²) < 4.78 is 0. The Kier molecular flexibility index (Phi) is 2.36. The van der Waals surface area contributed by atoms with Gasteiger partial charge >= 0.3 is 0 Å². The Bertz CT molecular complexity index is 92.9. The number of likely N-dealkylation sites (tertiary alicyclic amines) is 1. The van der Waals surface area contributed by atoms with E-state index in [-0.39, 0.29) is 0 Å². The molecule has 54 valence electrons. The van der Waals surface area contributed by atoms with E-state index in [4.69, 9.17) is 11.6 Å². The molecular formula is C7H14ClN. The van der Waals surface area contributed by atoms with Gasteiger partial charge in [0.15, 0.2) is 0 Å². The van der Waals surface area contributed by atoms with Crippen molar-refractivity contribution in [1.29, 1.82) is 0 Å². The molecule has 0 spiro atoms. The van der Waals surface area contributed by atoms with Crippen LogP contribution < -0.4 is 0 Å². The molecule has 1 fully saturated rings. The molecule has 0 N–H and O–H groups in total. The molecule has 0 aliphatic carbocycles. The average molecular weight is 148 g/mol. The summed E-state index contributed by atoms with van der Waals surface area (Å²) in [6.07, 6.45) is 2.60. The molecule has 0 saturated carbocycles. The Morgan fingerprint density at radius 2 is 2.33 bits per heavy atom. The number of nitrogens with zero attached hydrogens (tertiary/aromatic N) is 1. The van der Waals surface area contributed by atoms with E-state index >= 15 is 0 Å². The normalized spacial score (nSPS) is 33.0. The first-order valence-electron chi connectivity index (χ1n) is 3.56. The summed E-state index contributed by atoms with van der Waals surface area (Å²) in [4.78, 5) is 2.34. The summed E-state index contributed by atoms with van der Waals surface area (Å²) in [6.45, 7) is 3.30. The molecule has 0 aromatic heterocycles. The predicted molar refractivity (Wildman–Crippen MR) is 41.0 cm³/mol. The van der Waals surface area contributed by atoms with Crippen LogP contribution in [0, 0.1) is 0 Å². The summed E-state index contributed by atoms with van der Waals surface area (Å²) in [7, 11) is 2.15. The van der Waals surface area contributed by atoms with E-state index in [0.717, 1.165) is 0 Å². The van der Waals surface area contributed by atoms with Crippen LogP contribution >= 0.6 is 11.6 Å². The van der Waals surface area contributed by atoms with Crippen LogP contribution in [0.1, 0.15) is 19.8 Å². The molecule has 1 nitrogen and oxygen atoms in total. The van der Waals surface area contributed by atoms with Crippen molar-refractivity contribution in [1.82, 2.24) is 4.90 Å². The topological polar surface area (TPSA) is 3.24 Å². The van der Waals surface area contributed by atoms with E-state index in [1.54, 1.807) is 0 Å². The van der Waals surface area contributed by atoms with Gasteiger partial charge < -0.3 is 4.90 Å². The molecule has 1 saturated heterocycles. The van der Waals surface area contributed by atoms with Crippen LogP contribution in [-0.2, 0) is 0 Å². The summed E-state index contributed by atoms with van der Waals surface area (Å²) in [5.74, 6) is 0. The zero-order chi connectivity index (χ0) is 6.85. The molecule has 0 aromatic rings. The predicted octanol–water partition coefficient (Wildman–Crippen LogP) is 1.71. The Hall–Kier alpha value is 0.250. The quantitative estimate of drug-likeness (QED) is 0.511. The minimum absolute atomic E-state index is 0.317. The Morgan fingerprint density at radius 1 is 1.67 bits per heavy atom. The van der Waals surface area contributed by atoms with Gasteiger partial charge in [-0.3, -0.25) is 0 Å². The smallest absolute Gasteiger partial charge is 0.0463 e. The number of halogens is 1. The summed E-state index contributed by atoms with van der Waals surface area (Å²) in [6, 6.07) is 0.631. The second kappa shape index (κ2) is 2.89. The standard InChI is InChI=1S/C7H14ClN/c1-6(8)7-4-3-5-9(7)2/h6-7H,3-5H2,1-2H3. The van der Waals surface area contributed by atoms with Crippen molar-refractivity contribution in [2.75, 3.05) is 13.6 Å². The van der Waals surface area contributed by atoms with E-state index in [9.17, 15) is 0 Å². The fraction of sp³-hybridized carbons (Fsp3) is 1.00. The Balaban J connectivity index is 2.40. The molecule has 0 amide bonds. The zero-order valence-electron chi connectivity index (χ0n) is 6.10. The van der Waals surface area contributed by atoms with Crippen LogP contribution in [-0.4, -0.2) is 29.9 Å². The van der Waals surface area contributed by atoms with Gasteiger partial charge in [-0.1, -0.05) is 0 Å². The maximum absolute atomic E-state index is 5.94. The molecule has 1 aliphatic heterocycles. The van der Waals surface area contributed by atoms with Gasteiger partial charge in [0.05, 0.1) is 0 Å². The molecule has 1 rings (SSSR count). The highest BCUT2D eigenvalue weighted by Crippen LogP contribution is 2.20. The van der Waals surface area contributed by atoms with Gasteiger partial charge in [0.2, 0.25) is 0 Å². The van der Waals surface area contributed by atoms with Crippen molar-refractivity contribution in [3.63, 3.8) is 0 Å². The van der Waals surface area contributed by atoms with Crippen molar-refractivity contribution in [2.45, 2.75) is 31.2 Å². The van der Waals surface area contributed by atoms with Gasteiger partial charge in [0.25, 0.3) is 0 Å². The largest absolute Gasteiger partial charge is 0.302 e. The lowest BCUT2D eigenvalue weighted by atomic mass is 10.2. The molecule has 1 heterocycles. The van der Waals surface area contributed by atoms with Crippen molar-refractivity contribution < 1.29 is 0 Å². The lowest BCUT2D eigenvalue weighted by Gasteiger charge is -2.20. The SMILES string of the molecule is CC(Cl)C1CCCN1C. The fourth-order valence-electron chi connectivity index (χ4n) is 1.52. The Morgan fingerprint density at radius 3 is 2.56 bits per heavy atom. The van der Waals surface area contributed by atoms with E-state index in [0.29, 0.717) is 11.4 Å². The van der Waals surface area contributed by atoms with Crippen LogP contribution in [0.2, 0.25) is 0 Å². The third-order valence-electron chi connectivity index (χ3n) is 2.11. The summed E-state index contributed by atoms with van der Waals surface area (Å²) >= 11 is 5.94. The second-order valence-corrected chi connectivity index (χ2v) is 3.56. The third-order valence-corrected chi connectivity index (χ3v) is 2.40. The molecule has 0 radical (unpaired) electrons. The van der Waals surface area contributed by atoms with Crippen LogP contribution in [0.4, 0.5) is 0 Å². The highest BCUT2D eigenvalue weighted by molar-refractivity contribution is 6.20. The lowest BCUT2D eigenvalue weighted by Crippen LogP contribution is -2.31. The second-order valence-electron chi connectivity index (χ2n) is 2.87. The number of alkyl halides is 1. The molecule has 2 atom stereocenters. The first-order chi connectivity index (χ1) is 4.22. The van der Waals surface area contributed by atoms with Crippen molar-refractivity contribution in [3.05, 3.63) is 0 Å². The first-order valence-corrected chi connectivity index (χ1v) is 4.00. The molecule has 0 bridgehead atoms. The van der Waals surface area contributed by atoms with Crippen LogP contribution in [0.5, 0.6) is 0 Å². The van der Waals surface area contributed by atoms with Gasteiger partial charge in [-0.15, -0.1) is 11.6 Å². The highest BCUT2D eigenvalue weighted by Gasteiger charge is 2.24. The lowest BCUT2D eigenvalue weighted by molar-refractivity contribution is 0.307. The maximum atomic E-state index is 5.94. The number of rotatable bonds is 1. The van der Waals surface area contributed by atoms with Crippen LogP contribution in [0.25, 0.3) is 0 Å². The Labute approximate surface area is 62.0 Å². The minimum Gasteiger partial charge on any atom is -0.302 e. The maximum Gasteiger partial charge on any atom is 0.0463 e.